The molecule has 12 aromatic rings. The van der Waals surface area contributed by atoms with Gasteiger partial charge in [0, 0.05) is 0 Å². The van der Waals surface area contributed by atoms with E-state index in [2.05, 4.69) is 206 Å². The molecule has 0 aliphatic heterocycles. The van der Waals surface area contributed by atoms with E-state index < -0.39 is 0 Å². The van der Waals surface area contributed by atoms with Gasteiger partial charge in [-0.05, 0) is 331 Å². The van der Waals surface area contributed by atoms with Crippen LogP contribution in [0.5, 0.6) is 11.5 Å². The Labute approximate surface area is 477 Å². The Hall–Kier alpha value is -7.76. The largest absolute Gasteiger partial charge is 0.497 e. The van der Waals surface area contributed by atoms with Gasteiger partial charge >= 0.3 is 0 Å². The number of aliphatic hydroxyl groups is 2. The first-order valence-electron chi connectivity index (χ1n) is 28.9. The van der Waals surface area contributed by atoms with Crippen molar-refractivity contribution in [3.8, 4) is 67.1 Å². The molecular weight excluding hydrogens is 989 g/mol. The van der Waals surface area contributed by atoms with Crippen molar-refractivity contribution in [3.05, 3.63) is 187 Å². The summed E-state index contributed by atoms with van der Waals surface area (Å²) >= 11 is 0. The van der Waals surface area contributed by atoms with Crippen molar-refractivity contribution < 1.29 is 19.7 Å². The molecule has 4 nitrogen and oxygen atoms in total. The predicted molar refractivity (Wildman–Crippen MR) is 344 cm³/mol. The molecule has 1 aliphatic rings. The summed E-state index contributed by atoms with van der Waals surface area (Å²) in [5.41, 5.74) is 28.7. The molecule has 2 N–H and O–H groups in total. The number of aliphatic hydroxyl groups excluding tert-OH is 2. The van der Waals surface area contributed by atoms with Crippen LogP contribution in [0.2, 0.25) is 0 Å². The summed E-state index contributed by atoms with van der Waals surface area (Å²) in [6, 6.07) is 42.6. The maximum atomic E-state index is 10.5. The van der Waals surface area contributed by atoms with Crippen LogP contribution in [0.1, 0.15) is 119 Å². The fourth-order valence-electron chi connectivity index (χ4n) is 15.1. The Kier molecular flexibility index (Phi) is 11.9. The average Bonchev–Trinajstić information content (AvgIpc) is 2.09. The third-order valence-electron chi connectivity index (χ3n) is 18.6. The van der Waals surface area contributed by atoms with E-state index in [9.17, 15) is 10.2 Å². The van der Waals surface area contributed by atoms with Crippen LogP contribution in [-0.4, -0.2) is 24.4 Å². The van der Waals surface area contributed by atoms with E-state index >= 15 is 0 Å². The maximum absolute atomic E-state index is 10.5. The molecule has 0 radical (unpaired) electrons. The molecule has 0 amide bonds. The first-order chi connectivity index (χ1) is 38.5. The van der Waals surface area contributed by atoms with Gasteiger partial charge in [0.05, 0.1) is 27.4 Å². The van der Waals surface area contributed by atoms with Crippen molar-refractivity contribution in [1.82, 2.24) is 0 Å². The van der Waals surface area contributed by atoms with Gasteiger partial charge in [-0.25, -0.2) is 0 Å². The van der Waals surface area contributed by atoms with Crippen LogP contribution in [0.3, 0.4) is 0 Å². The Morgan fingerprint density at radius 3 is 0.901 bits per heavy atom. The van der Waals surface area contributed by atoms with Crippen molar-refractivity contribution in [2.24, 2.45) is 0 Å². The van der Waals surface area contributed by atoms with Crippen LogP contribution < -0.4 is 9.47 Å². The Morgan fingerprint density at radius 1 is 0.333 bits per heavy atom. The van der Waals surface area contributed by atoms with Crippen molar-refractivity contribution >= 4 is 64.6 Å². The lowest BCUT2D eigenvalue weighted by Crippen LogP contribution is -2.11. The second-order valence-electron chi connectivity index (χ2n) is 26.2. The molecule has 0 bridgehead atoms. The second kappa shape index (κ2) is 18.4. The quantitative estimate of drug-likeness (QED) is 0.149. The summed E-state index contributed by atoms with van der Waals surface area (Å²) in [6.45, 7) is 31.8. The van der Waals surface area contributed by atoms with Gasteiger partial charge in [0.15, 0.2) is 0 Å². The van der Waals surface area contributed by atoms with Gasteiger partial charge in [0.25, 0.3) is 0 Å². The van der Waals surface area contributed by atoms with Crippen LogP contribution in [-0.2, 0) is 30.5 Å². The number of hydrogen-bond acceptors (Lipinski definition) is 4. The van der Waals surface area contributed by atoms with E-state index in [1.165, 1.54) is 165 Å². The predicted octanol–water partition coefficient (Wildman–Crippen LogP) is 19.8. The van der Waals surface area contributed by atoms with Gasteiger partial charge < -0.3 is 19.7 Å². The number of hydrogen-bond donors (Lipinski definition) is 2. The number of fused-ring (bicyclic) bond motifs is 5. The van der Waals surface area contributed by atoms with Crippen LogP contribution in [0.4, 0.5) is 0 Å². The summed E-state index contributed by atoms with van der Waals surface area (Å²) in [5, 5.41) is 36.3. The minimum absolute atomic E-state index is 0.00860. The third-order valence-corrected chi connectivity index (χ3v) is 18.6. The molecule has 0 fully saturated rings. The van der Waals surface area contributed by atoms with Crippen LogP contribution in [0.15, 0.2) is 109 Å². The lowest BCUT2D eigenvalue weighted by Gasteiger charge is -2.26. The number of methoxy groups -OCH3 is 2. The highest BCUT2D eigenvalue weighted by Gasteiger charge is 2.34. The summed E-state index contributed by atoms with van der Waals surface area (Å²) in [4.78, 5) is 0. The van der Waals surface area contributed by atoms with Crippen molar-refractivity contribution in [2.75, 3.05) is 14.2 Å². The minimum atomic E-state index is -0.0986. The van der Waals surface area contributed by atoms with Crippen LogP contribution in [0, 0.1) is 55.4 Å². The fraction of sp³-hybridized carbons (Fsp3) is 0.273. The van der Waals surface area contributed by atoms with E-state index in [1.54, 1.807) is 14.2 Å². The van der Waals surface area contributed by atoms with E-state index in [1.807, 2.05) is 0 Å². The molecule has 81 heavy (non-hydrogen) atoms. The highest BCUT2D eigenvalue weighted by Crippen LogP contribution is 2.58. The van der Waals surface area contributed by atoms with Gasteiger partial charge in [0.1, 0.15) is 11.5 Å². The molecule has 0 spiro atoms. The number of ether oxygens (including phenoxy) is 2. The van der Waals surface area contributed by atoms with Crippen molar-refractivity contribution in [1.29, 1.82) is 0 Å². The molecule has 4 heteroatoms. The number of benzene rings is 12. The normalized spacial score (nSPS) is 12.9. The Morgan fingerprint density at radius 2 is 0.617 bits per heavy atom. The van der Waals surface area contributed by atoms with Crippen LogP contribution >= 0.6 is 0 Å². The lowest BCUT2D eigenvalue weighted by atomic mass is 9.77. The fourth-order valence-corrected chi connectivity index (χ4v) is 15.1. The highest BCUT2D eigenvalue weighted by molar-refractivity contribution is 6.34. The lowest BCUT2D eigenvalue weighted by molar-refractivity contribution is 0.281. The molecule has 0 unspecified atom stereocenters. The highest BCUT2D eigenvalue weighted by atomic mass is 16.5. The smallest absolute Gasteiger partial charge is 0.119 e. The van der Waals surface area contributed by atoms with Crippen molar-refractivity contribution in [3.63, 3.8) is 0 Å². The maximum Gasteiger partial charge on any atom is 0.119 e. The number of aryl methyl sites for hydroxylation is 8. The zero-order valence-electron chi connectivity index (χ0n) is 50.2. The molecule has 0 aromatic heterocycles. The summed E-state index contributed by atoms with van der Waals surface area (Å²) in [6.07, 6.45) is 0.743. The molecule has 0 saturated carbocycles. The molecular formula is C77H74O4. The Bertz CT molecular complexity index is 4260. The van der Waals surface area contributed by atoms with E-state index in [0.29, 0.717) is 0 Å². The summed E-state index contributed by atoms with van der Waals surface area (Å²) in [7, 11) is 3.54. The molecule has 0 heterocycles. The van der Waals surface area contributed by atoms with Crippen LogP contribution in [0.25, 0.3) is 120 Å². The third kappa shape index (κ3) is 7.91. The SMILES string of the molecule is COc1cc(C)c(-c2cc3cc(C(C)(C)C)cc4cc(-c5c(C)cc(CO)cc5C)c5cc6c(c2c5c43)Cc2c-6cc3c(-c4c(C)cc(CO)cc4C)cc4cc(C(C)(C)C)cc5cc(-c6c(C)cc(OC)cc6C)c2c3c45)c(C)c1. The molecule has 13 rings (SSSR count). The summed E-state index contributed by atoms with van der Waals surface area (Å²) < 4.78 is 11.9. The Balaban J connectivity index is 1.28. The number of rotatable bonds is 8. The molecule has 406 valence electrons. The summed E-state index contributed by atoms with van der Waals surface area (Å²) in [5.74, 6) is 1.72. The first-order valence-corrected chi connectivity index (χ1v) is 28.9. The molecule has 1 aliphatic carbocycles. The van der Waals surface area contributed by atoms with E-state index in [-0.39, 0.29) is 24.0 Å². The van der Waals surface area contributed by atoms with Gasteiger partial charge in [-0.15, -0.1) is 0 Å². The van der Waals surface area contributed by atoms with Gasteiger partial charge in [-0.3, -0.25) is 0 Å². The topological polar surface area (TPSA) is 58.9 Å². The van der Waals surface area contributed by atoms with Gasteiger partial charge in [-0.2, -0.15) is 0 Å². The zero-order valence-corrected chi connectivity index (χ0v) is 50.2. The zero-order chi connectivity index (χ0) is 57.2. The monoisotopic (exact) mass is 1060 g/mol. The minimum Gasteiger partial charge on any atom is -0.497 e. The molecule has 0 atom stereocenters. The average molecular weight is 1060 g/mol. The second-order valence-corrected chi connectivity index (χ2v) is 26.2. The first kappa shape index (κ1) is 52.6. The standard InChI is InChI=1S/C77H74O4/c1-38-17-46(36-78)18-39(2)66(38)58-29-48-25-52(76(9,10)11)27-50-31-64(68-42(5)21-54(80-15)22-43(68)6)72-60-35-61-57(56(60)33-62(58)74(72)70(48)50)34-63-59(67-40(3)19-47(37-79)20-41(67)4)30-49-26-53(77(12,13)14)28-51-32-65(73(61)75(63)71(49)51)69-44(7)23-55(81-16)24-45(69)8/h17-34,78-79H,35-37H2,1-16H3. The molecule has 12 aromatic carbocycles. The molecule has 0 saturated heterocycles. The van der Waals surface area contributed by atoms with Gasteiger partial charge in [-0.1, -0.05) is 90.1 Å². The van der Waals surface area contributed by atoms with E-state index in [4.69, 9.17) is 9.47 Å². The van der Waals surface area contributed by atoms with Gasteiger partial charge in [0.2, 0.25) is 0 Å². The van der Waals surface area contributed by atoms with E-state index in [0.717, 1.165) is 51.3 Å². The van der Waals surface area contributed by atoms with Crippen molar-refractivity contribution in [2.45, 2.75) is 127 Å².